The second-order valence-corrected chi connectivity index (χ2v) is 4.92. The van der Waals surface area contributed by atoms with E-state index < -0.39 is 24.5 Å². The van der Waals surface area contributed by atoms with Crippen LogP contribution in [0.15, 0.2) is 12.7 Å². The van der Waals surface area contributed by atoms with Crippen molar-refractivity contribution in [3.63, 3.8) is 0 Å². The summed E-state index contributed by atoms with van der Waals surface area (Å²) in [6, 6.07) is 0. The van der Waals surface area contributed by atoms with Crippen LogP contribution >= 0.6 is 0 Å². The summed E-state index contributed by atoms with van der Waals surface area (Å²) in [6.07, 6.45) is 1.30. The third kappa shape index (κ3) is 1.92. The minimum Gasteiger partial charge on any atom is -0.388 e. The average molecular weight is 279 g/mol. The van der Waals surface area contributed by atoms with Crippen LogP contribution in [0.1, 0.15) is 26.0 Å². The van der Waals surface area contributed by atoms with E-state index in [2.05, 4.69) is 15.0 Å². The van der Waals surface area contributed by atoms with Gasteiger partial charge in [0.25, 0.3) is 0 Å². The maximum atomic E-state index is 10.2. The second kappa shape index (κ2) is 4.97. The lowest BCUT2D eigenvalue weighted by Gasteiger charge is -2.16. The lowest BCUT2D eigenvalue weighted by Crippen LogP contribution is -2.31. The van der Waals surface area contributed by atoms with E-state index in [1.807, 2.05) is 6.92 Å². The first-order chi connectivity index (χ1) is 9.63. The molecule has 1 aliphatic heterocycles. The molecule has 20 heavy (non-hydrogen) atoms. The lowest BCUT2D eigenvalue weighted by molar-refractivity contribution is -0.0370. The summed E-state index contributed by atoms with van der Waals surface area (Å²) in [5.41, 5.74) is 6.66. The quantitative estimate of drug-likeness (QED) is 0.713. The van der Waals surface area contributed by atoms with Gasteiger partial charge in [-0.3, -0.25) is 4.57 Å². The van der Waals surface area contributed by atoms with Crippen LogP contribution in [0, 0.1) is 0 Å². The summed E-state index contributed by atoms with van der Waals surface area (Å²) >= 11 is 0. The van der Waals surface area contributed by atoms with E-state index in [-0.39, 0.29) is 5.82 Å². The van der Waals surface area contributed by atoms with Crippen LogP contribution in [0.5, 0.6) is 0 Å². The Morgan fingerprint density at radius 2 is 2.10 bits per heavy atom. The normalized spacial score (nSPS) is 30.1. The predicted octanol–water partition coefficient (Wildman–Crippen LogP) is -0.172. The zero-order valence-corrected chi connectivity index (χ0v) is 11.0. The van der Waals surface area contributed by atoms with Gasteiger partial charge in [0.1, 0.15) is 24.1 Å². The highest BCUT2D eigenvalue weighted by Crippen LogP contribution is 2.33. The number of fused-ring (bicyclic) bond motifs is 1. The highest BCUT2D eigenvalue weighted by molar-refractivity contribution is 5.81. The van der Waals surface area contributed by atoms with Gasteiger partial charge in [0.2, 0.25) is 0 Å². The van der Waals surface area contributed by atoms with Gasteiger partial charge in [0, 0.05) is 0 Å². The highest BCUT2D eigenvalue weighted by atomic mass is 16.6. The molecule has 108 valence electrons. The van der Waals surface area contributed by atoms with Crippen molar-refractivity contribution in [2.45, 2.75) is 44.3 Å². The zero-order valence-electron chi connectivity index (χ0n) is 11.0. The molecule has 3 rings (SSSR count). The Balaban J connectivity index is 1.97. The molecule has 2 aromatic heterocycles. The molecule has 0 aliphatic carbocycles. The number of aliphatic hydroxyl groups excluding tert-OH is 2. The number of nitrogens with zero attached hydrogens (tertiary/aromatic N) is 4. The van der Waals surface area contributed by atoms with Gasteiger partial charge in [-0.05, 0) is 6.42 Å². The van der Waals surface area contributed by atoms with Crippen LogP contribution in [0.3, 0.4) is 0 Å². The van der Waals surface area contributed by atoms with Gasteiger partial charge in [0.15, 0.2) is 17.7 Å². The molecule has 1 saturated heterocycles. The summed E-state index contributed by atoms with van der Waals surface area (Å²) in [7, 11) is 0. The summed E-state index contributed by atoms with van der Waals surface area (Å²) in [4.78, 5) is 12.1. The molecule has 0 radical (unpaired) electrons. The molecule has 8 heteroatoms. The first-order valence-corrected chi connectivity index (χ1v) is 6.58. The van der Waals surface area contributed by atoms with E-state index >= 15 is 0 Å². The van der Waals surface area contributed by atoms with Crippen LogP contribution in [0.2, 0.25) is 0 Å². The van der Waals surface area contributed by atoms with Gasteiger partial charge < -0.3 is 20.7 Å². The standard InChI is InChI=1S/C12H17N5O3/c1-2-3-6-8(18)9(19)12(20-6)17-5-16-7-10(13)14-4-15-11(7)17/h4-6,8-9,12,18-19H,2-3H2,1H3,(H2,13,14,15). The Bertz CT molecular complexity index is 616. The van der Waals surface area contributed by atoms with Crippen molar-refractivity contribution in [2.24, 2.45) is 0 Å². The first kappa shape index (κ1) is 13.2. The van der Waals surface area contributed by atoms with Crippen molar-refractivity contribution in [3.8, 4) is 0 Å². The summed E-state index contributed by atoms with van der Waals surface area (Å²) in [5, 5.41) is 20.2. The largest absolute Gasteiger partial charge is 0.388 e. The topological polar surface area (TPSA) is 119 Å². The molecule has 3 heterocycles. The van der Waals surface area contributed by atoms with Crippen molar-refractivity contribution in [2.75, 3.05) is 5.73 Å². The minimum atomic E-state index is -1.03. The molecule has 1 fully saturated rings. The van der Waals surface area contributed by atoms with Crippen molar-refractivity contribution < 1.29 is 14.9 Å². The van der Waals surface area contributed by atoms with Crippen molar-refractivity contribution in [1.29, 1.82) is 0 Å². The average Bonchev–Trinajstić information content (AvgIpc) is 2.97. The van der Waals surface area contributed by atoms with Crippen molar-refractivity contribution in [1.82, 2.24) is 19.5 Å². The number of nitrogen functional groups attached to an aromatic ring is 1. The Morgan fingerprint density at radius 1 is 1.30 bits per heavy atom. The molecule has 4 N–H and O–H groups in total. The van der Waals surface area contributed by atoms with E-state index in [1.54, 1.807) is 4.57 Å². The lowest BCUT2D eigenvalue weighted by atomic mass is 10.1. The summed E-state index contributed by atoms with van der Waals surface area (Å²) in [5.74, 6) is 0.270. The second-order valence-electron chi connectivity index (χ2n) is 4.92. The molecule has 4 unspecified atom stereocenters. The number of aliphatic hydroxyl groups is 2. The molecule has 0 bridgehead atoms. The first-order valence-electron chi connectivity index (χ1n) is 6.58. The van der Waals surface area contributed by atoms with Gasteiger partial charge in [-0.2, -0.15) is 0 Å². The molecule has 8 nitrogen and oxygen atoms in total. The monoisotopic (exact) mass is 279 g/mol. The number of ether oxygens (including phenoxy) is 1. The Kier molecular flexibility index (Phi) is 3.28. The maximum Gasteiger partial charge on any atom is 0.167 e. The van der Waals surface area contributed by atoms with Crippen LogP contribution in [0.25, 0.3) is 11.2 Å². The van der Waals surface area contributed by atoms with Gasteiger partial charge >= 0.3 is 0 Å². The highest BCUT2D eigenvalue weighted by Gasteiger charge is 2.43. The van der Waals surface area contributed by atoms with Gasteiger partial charge in [0.05, 0.1) is 12.4 Å². The van der Waals surface area contributed by atoms with E-state index in [1.165, 1.54) is 12.7 Å². The van der Waals surface area contributed by atoms with Gasteiger partial charge in [-0.1, -0.05) is 13.3 Å². The van der Waals surface area contributed by atoms with E-state index in [4.69, 9.17) is 10.5 Å². The number of hydrogen-bond acceptors (Lipinski definition) is 7. The van der Waals surface area contributed by atoms with Crippen LogP contribution in [-0.4, -0.2) is 48.0 Å². The third-order valence-corrected chi connectivity index (χ3v) is 3.57. The molecule has 2 aromatic rings. The molecule has 4 atom stereocenters. The molecular formula is C12H17N5O3. The number of aromatic nitrogens is 4. The number of anilines is 1. The van der Waals surface area contributed by atoms with Gasteiger partial charge in [-0.15, -0.1) is 0 Å². The van der Waals surface area contributed by atoms with Crippen LogP contribution < -0.4 is 5.73 Å². The molecule has 0 spiro atoms. The molecule has 0 saturated carbocycles. The van der Waals surface area contributed by atoms with Crippen LogP contribution in [-0.2, 0) is 4.74 Å². The number of rotatable bonds is 3. The summed E-state index contributed by atoms with van der Waals surface area (Å²) < 4.78 is 7.32. The maximum absolute atomic E-state index is 10.2. The molecular weight excluding hydrogens is 262 g/mol. The van der Waals surface area contributed by atoms with E-state index in [0.29, 0.717) is 17.6 Å². The fourth-order valence-corrected chi connectivity index (χ4v) is 2.54. The Labute approximate surface area is 115 Å². The van der Waals surface area contributed by atoms with Crippen molar-refractivity contribution >= 4 is 17.0 Å². The fraction of sp³-hybridized carbons (Fsp3) is 0.583. The van der Waals surface area contributed by atoms with Gasteiger partial charge in [-0.25, -0.2) is 15.0 Å². The fourth-order valence-electron chi connectivity index (χ4n) is 2.54. The zero-order chi connectivity index (χ0) is 14.3. The number of imidazole rings is 1. The Morgan fingerprint density at radius 3 is 2.85 bits per heavy atom. The SMILES string of the molecule is CCCC1OC(n2cnc3c(N)ncnc32)C(O)C1O. The van der Waals surface area contributed by atoms with Crippen LogP contribution in [0.4, 0.5) is 5.82 Å². The van der Waals surface area contributed by atoms with E-state index in [0.717, 1.165) is 6.42 Å². The van der Waals surface area contributed by atoms with E-state index in [9.17, 15) is 10.2 Å². The molecule has 0 aromatic carbocycles. The minimum absolute atomic E-state index is 0.270. The number of nitrogens with two attached hydrogens (primary N) is 1. The van der Waals surface area contributed by atoms with Crippen molar-refractivity contribution in [3.05, 3.63) is 12.7 Å². The predicted molar refractivity (Wildman–Crippen MR) is 70.6 cm³/mol. The summed E-state index contributed by atoms with van der Waals surface area (Å²) in [6.45, 7) is 2.00. The smallest absolute Gasteiger partial charge is 0.167 e. The Hall–Kier alpha value is -1.77. The number of hydrogen-bond donors (Lipinski definition) is 3. The third-order valence-electron chi connectivity index (χ3n) is 3.57. The molecule has 1 aliphatic rings. The molecule has 0 amide bonds.